The van der Waals surface area contributed by atoms with Gasteiger partial charge in [-0.15, -0.1) is 0 Å². The fraction of sp³-hybridized carbons (Fsp3) is 0.222. The van der Waals surface area contributed by atoms with Crippen molar-refractivity contribution in [2.45, 2.75) is 0 Å². The first-order valence-electron chi connectivity index (χ1n) is 11.6. The van der Waals surface area contributed by atoms with Crippen LogP contribution in [-0.4, -0.2) is 55.5 Å². The van der Waals surface area contributed by atoms with Gasteiger partial charge in [0.25, 0.3) is 0 Å². The standard InChI is InChI=1S/C27H30N6O3/c1-34-15-13-33(14-16-35-2)26-18-23(11-12-29-26)36-22-10-6-9-21(17-22)30-25-19-24(31-27(28)32-25)20-7-4-3-5-8-20/h3-12,17-19H,13-16H2,1-2H3,(H3,28,30,31,32). The van der Waals surface area contributed by atoms with Crippen molar-refractivity contribution in [1.29, 1.82) is 0 Å². The Labute approximate surface area is 210 Å². The molecular formula is C27H30N6O3. The third kappa shape index (κ3) is 6.91. The Kier molecular flexibility index (Phi) is 8.63. The fourth-order valence-electron chi connectivity index (χ4n) is 3.59. The van der Waals surface area contributed by atoms with Gasteiger partial charge in [-0.05, 0) is 18.2 Å². The number of anilines is 4. The Hall–Kier alpha value is -4.21. The summed E-state index contributed by atoms with van der Waals surface area (Å²) < 4.78 is 16.6. The van der Waals surface area contributed by atoms with Gasteiger partial charge >= 0.3 is 0 Å². The number of nitrogens with zero attached hydrogens (tertiary/aromatic N) is 4. The molecule has 0 aliphatic rings. The molecule has 3 N–H and O–H groups in total. The van der Waals surface area contributed by atoms with E-state index < -0.39 is 0 Å². The van der Waals surface area contributed by atoms with Crippen molar-refractivity contribution < 1.29 is 14.2 Å². The number of nitrogens with two attached hydrogens (primary N) is 1. The van der Waals surface area contributed by atoms with Crippen molar-refractivity contribution in [2.24, 2.45) is 0 Å². The molecule has 2 aromatic heterocycles. The molecule has 0 aliphatic heterocycles. The average Bonchev–Trinajstić information content (AvgIpc) is 2.89. The van der Waals surface area contributed by atoms with Crippen LogP contribution in [0.3, 0.4) is 0 Å². The second kappa shape index (κ2) is 12.5. The normalized spacial score (nSPS) is 10.7. The lowest BCUT2D eigenvalue weighted by molar-refractivity contribution is 0.190. The zero-order valence-corrected chi connectivity index (χ0v) is 20.4. The van der Waals surface area contributed by atoms with Crippen LogP contribution in [0, 0.1) is 0 Å². The largest absolute Gasteiger partial charge is 0.457 e. The van der Waals surface area contributed by atoms with E-state index in [0.29, 0.717) is 43.6 Å². The van der Waals surface area contributed by atoms with E-state index in [2.05, 4.69) is 25.2 Å². The number of hydrogen-bond acceptors (Lipinski definition) is 9. The maximum Gasteiger partial charge on any atom is 0.222 e. The summed E-state index contributed by atoms with van der Waals surface area (Å²) in [5.74, 6) is 2.93. The summed E-state index contributed by atoms with van der Waals surface area (Å²) in [5.41, 5.74) is 8.48. The van der Waals surface area contributed by atoms with Crippen LogP contribution in [0.25, 0.3) is 11.3 Å². The smallest absolute Gasteiger partial charge is 0.222 e. The van der Waals surface area contributed by atoms with Crippen molar-refractivity contribution in [1.82, 2.24) is 15.0 Å². The number of methoxy groups -OCH3 is 2. The molecule has 36 heavy (non-hydrogen) atoms. The predicted octanol–water partition coefficient (Wildman–Crippen LogP) is 4.76. The Morgan fingerprint density at radius 2 is 1.58 bits per heavy atom. The second-order valence-corrected chi connectivity index (χ2v) is 7.94. The van der Waals surface area contributed by atoms with Crippen LogP contribution in [-0.2, 0) is 9.47 Å². The molecule has 9 heteroatoms. The number of pyridine rings is 1. The van der Waals surface area contributed by atoms with E-state index in [4.69, 9.17) is 19.9 Å². The number of nitrogen functional groups attached to an aromatic ring is 1. The minimum atomic E-state index is 0.196. The third-order valence-electron chi connectivity index (χ3n) is 5.33. The minimum Gasteiger partial charge on any atom is -0.457 e. The Morgan fingerprint density at radius 3 is 2.33 bits per heavy atom. The summed E-state index contributed by atoms with van der Waals surface area (Å²) in [5, 5.41) is 3.30. The summed E-state index contributed by atoms with van der Waals surface area (Å²) in [7, 11) is 3.36. The molecule has 0 saturated carbocycles. The molecule has 0 saturated heterocycles. The molecule has 0 radical (unpaired) electrons. The van der Waals surface area contributed by atoms with Crippen LogP contribution in [0.5, 0.6) is 11.5 Å². The van der Waals surface area contributed by atoms with E-state index in [0.717, 1.165) is 22.8 Å². The average molecular weight is 487 g/mol. The maximum atomic E-state index is 6.15. The molecule has 0 amide bonds. The molecule has 4 rings (SSSR count). The Bertz CT molecular complexity index is 1250. The van der Waals surface area contributed by atoms with Gasteiger partial charge in [0.2, 0.25) is 5.95 Å². The van der Waals surface area contributed by atoms with E-state index in [-0.39, 0.29) is 5.95 Å². The molecule has 0 spiro atoms. The highest BCUT2D eigenvalue weighted by Crippen LogP contribution is 2.28. The second-order valence-electron chi connectivity index (χ2n) is 7.94. The van der Waals surface area contributed by atoms with Crippen LogP contribution in [0.4, 0.5) is 23.3 Å². The number of benzene rings is 2. The van der Waals surface area contributed by atoms with E-state index in [1.54, 1.807) is 20.4 Å². The summed E-state index contributed by atoms with van der Waals surface area (Å²) in [4.78, 5) is 15.3. The van der Waals surface area contributed by atoms with Gasteiger partial charge in [0.05, 0.1) is 18.9 Å². The SMILES string of the molecule is COCCN(CCOC)c1cc(Oc2cccc(Nc3cc(-c4ccccc4)nc(N)n3)c2)ccn1. The molecular weight excluding hydrogens is 456 g/mol. The number of nitrogens with one attached hydrogen (secondary N) is 1. The van der Waals surface area contributed by atoms with Crippen molar-refractivity contribution in [2.75, 3.05) is 56.5 Å². The maximum absolute atomic E-state index is 6.15. The van der Waals surface area contributed by atoms with Crippen LogP contribution in [0.2, 0.25) is 0 Å². The van der Waals surface area contributed by atoms with Crippen molar-refractivity contribution in [3.63, 3.8) is 0 Å². The number of aromatic nitrogens is 3. The molecule has 0 unspecified atom stereocenters. The van der Waals surface area contributed by atoms with Crippen molar-refractivity contribution in [3.8, 4) is 22.8 Å². The van der Waals surface area contributed by atoms with Crippen LogP contribution < -0.4 is 20.7 Å². The Balaban J connectivity index is 1.49. The molecule has 0 aliphatic carbocycles. The zero-order valence-electron chi connectivity index (χ0n) is 20.4. The van der Waals surface area contributed by atoms with Gasteiger partial charge in [0, 0.05) is 63.0 Å². The van der Waals surface area contributed by atoms with Crippen LogP contribution in [0.15, 0.2) is 79.0 Å². The topological polar surface area (TPSA) is 108 Å². The van der Waals surface area contributed by atoms with Crippen LogP contribution >= 0.6 is 0 Å². The van der Waals surface area contributed by atoms with Gasteiger partial charge in [-0.1, -0.05) is 36.4 Å². The quantitative estimate of drug-likeness (QED) is 0.293. The van der Waals surface area contributed by atoms with Gasteiger partial charge in [-0.25, -0.2) is 9.97 Å². The first kappa shape index (κ1) is 24.9. The molecule has 2 heterocycles. The van der Waals surface area contributed by atoms with E-state index in [1.165, 1.54) is 0 Å². The highest BCUT2D eigenvalue weighted by molar-refractivity contribution is 5.67. The summed E-state index contributed by atoms with van der Waals surface area (Å²) in [6.07, 6.45) is 1.73. The van der Waals surface area contributed by atoms with E-state index in [9.17, 15) is 0 Å². The zero-order chi connectivity index (χ0) is 25.2. The highest BCUT2D eigenvalue weighted by Gasteiger charge is 2.10. The number of rotatable bonds is 12. The third-order valence-corrected chi connectivity index (χ3v) is 5.33. The molecule has 0 fully saturated rings. The monoisotopic (exact) mass is 486 g/mol. The molecule has 2 aromatic carbocycles. The van der Waals surface area contributed by atoms with Gasteiger partial charge in [0.15, 0.2) is 0 Å². The lowest BCUT2D eigenvalue weighted by Gasteiger charge is -2.23. The van der Waals surface area contributed by atoms with E-state index >= 15 is 0 Å². The number of ether oxygens (including phenoxy) is 3. The fourth-order valence-corrected chi connectivity index (χ4v) is 3.59. The van der Waals surface area contributed by atoms with E-state index in [1.807, 2.05) is 72.8 Å². The van der Waals surface area contributed by atoms with Gasteiger partial charge in [0.1, 0.15) is 23.1 Å². The lowest BCUT2D eigenvalue weighted by Crippen LogP contribution is -2.31. The van der Waals surface area contributed by atoms with Crippen molar-refractivity contribution >= 4 is 23.3 Å². The summed E-state index contributed by atoms with van der Waals surface area (Å²) in [6, 6.07) is 23.1. The van der Waals surface area contributed by atoms with Crippen molar-refractivity contribution in [3.05, 3.63) is 79.0 Å². The molecule has 4 aromatic rings. The number of hydrogen-bond donors (Lipinski definition) is 2. The summed E-state index contributed by atoms with van der Waals surface area (Å²) in [6.45, 7) is 2.57. The van der Waals surface area contributed by atoms with Gasteiger partial charge < -0.3 is 30.2 Å². The van der Waals surface area contributed by atoms with Gasteiger partial charge in [-0.3, -0.25) is 0 Å². The molecule has 0 bridgehead atoms. The molecule has 9 nitrogen and oxygen atoms in total. The van der Waals surface area contributed by atoms with Gasteiger partial charge in [-0.2, -0.15) is 4.98 Å². The molecule has 186 valence electrons. The van der Waals surface area contributed by atoms with Crippen LogP contribution in [0.1, 0.15) is 0 Å². The first-order chi connectivity index (χ1) is 17.6. The first-order valence-corrected chi connectivity index (χ1v) is 11.6. The molecule has 0 atom stereocenters. The summed E-state index contributed by atoms with van der Waals surface area (Å²) >= 11 is 0. The lowest BCUT2D eigenvalue weighted by atomic mass is 10.1. The minimum absolute atomic E-state index is 0.196. The highest BCUT2D eigenvalue weighted by atomic mass is 16.5. The Morgan fingerprint density at radius 1 is 0.833 bits per heavy atom. The predicted molar refractivity (Wildman–Crippen MR) is 142 cm³/mol.